The van der Waals surface area contributed by atoms with Crippen LogP contribution in [0.1, 0.15) is 50.5 Å². The van der Waals surface area contributed by atoms with Crippen LogP contribution < -0.4 is 0 Å². The van der Waals surface area contributed by atoms with Crippen LogP contribution in [0.2, 0.25) is 0 Å². The van der Waals surface area contributed by atoms with Crippen LogP contribution in [0.25, 0.3) is 0 Å². The third-order valence-corrected chi connectivity index (χ3v) is 6.25. The number of hydrogen-bond donors (Lipinski definition) is 0. The number of aliphatic imine (C=N–C) groups is 1. The number of Topliss-reactive ketones (excluding diaryl/α,β-unsaturated/α-hetero) is 1. The number of rotatable bonds is 4. The van der Waals surface area contributed by atoms with Crippen molar-refractivity contribution in [3.05, 3.63) is 45.6 Å². The summed E-state index contributed by atoms with van der Waals surface area (Å²) >= 11 is 3.52. The highest BCUT2D eigenvalue weighted by molar-refractivity contribution is 9.10. The van der Waals surface area contributed by atoms with Crippen LogP contribution in [0.3, 0.4) is 0 Å². The Morgan fingerprint density at radius 2 is 2.14 bits per heavy atom. The van der Waals surface area contributed by atoms with Crippen molar-refractivity contribution in [1.29, 1.82) is 0 Å². The summed E-state index contributed by atoms with van der Waals surface area (Å²) in [4.78, 5) is 30.6. The zero-order valence-electron chi connectivity index (χ0n) is 15.9. The average Bonchev–Trinajstić information content (AvgIpc) is 3.19. The summed E-state index contributed by atoms with van der Waals surface area (Å²) in [6.07, 6.45) is 4.03. The molecule has 0 aromatic heterocycles. The summed E-state index contributed by atoms with van der Waals surface area (Å²) in [5.74, 6) is -0.960. The molecule has 4 rings (SSSR count). The van der Waals surface area contributed by atoms with Crippen molar-refractivity contribution < 1.29 is 19.1 Å². The molecule has 2 fully saturated rings. The highest BCUT2D eigenvalue weighted by Gasteiger charge is 2.43. The topological polar surface area (TPSA) is 65.0 Å². The van der Waals surface area contributed by atoms with Crippen molar-refractivity contribution in [2.24, 2.45) is 10.9 Å². The van der Waals surface area contributed by atoms with Gasteiger partial charge in [-0.1, -0.05) is 28.1 Å². The Morgan fingerprint density at radius 1 is 1.29 bits per heavy atom. The molecule has 0 spiro atoms. The quantitative estimate of drug-likeness (QED) is 0.645. The Bertz CT molecular complexity index is 854. The van der Waals surface area contributed by atoms with E-state index in [-0.39, 0.29) is 36.3 Å². The van der Waals surface area contributed by atoms with Gasteiger partial charge >= 0.3 is 5.97 Å². The van der Waals surface area contributed by atoms with Gasteiger partial charge in [0.25, 0.3) is 0 Å². The Hall–Kier alpha value is -1.79. The van der Waals surface area contributed by atoms with Crippen LogP contribution in [0.5, 0.6) is 0 Å². The molecule has 1 aliphatic carbocycles. The maximum Gasteiger partial charge on any atom is 0.336 e. The summed E-state index contributed by atoms with van der Waals surface area (Å²) in [6.45, 7) is 2.81. The minimum Gasteiger partial charge on any atom is -0.460 e. The SMILES string of the molecule is CC1=C(C(=O)OC[C@H]2CCCO2)[C@@H](c2cccc(Br)c2)[C@H]2C(=O)CCCC2=N1. The summed E-state index contributed by atoms with van der Waals surface area (Å²) in [5, 5.41) is 0. The molecule has 2 heterocycles. The minimum atomic E-state index is -0.390. The van der Waals surface area contributed by atoms with Gasteiger partial charge in [0.2, 0.25) is 0 Å². The number of carbonyl (C=O) groups is 2. The molecule has 0 N–H and O–H groups in total. The predicted molar refractivity (Wildman–Crippen MR) is 109 cm³/mol. The van der Waals surface area contributed by atoms with Gasteiger partial charge in [0.1, 0.15) is 12.4 Å². The summed E-state index contributed by atoms with van der Waals surface area (Å²) in [7, 11) is 0. The number of carbonyl (C=O) groups excluding carboxylic acids is 2. The van der Waals surface area contributed by atoms with Crippen molar-refractivity contribution >= 4 is 33.4 Å². The molecular formula is C22H24BrNO4. The molecule has 1 aromatic rings. The number of allylic oxidation sites excluding steroid dienone is 1. The Morgan fingerprint density at radius 3 is 2.89 bits per heavy atom. The highest BCUT2D eigenvalue weighted by Crippen LogP contribution is 2.43. The van der Waals surface area contributed by atoms with Gasteiger partial charge in [0.15, 0.2) is 0 Å². The molecule has 5 nitrogen and oxygen atoms in total. The molecular weight excluding hydrogens is 422 g/mol. The molecule has 3 aliphatic rings. The Kier molecular flexibility index (Phi) is 5.78. The first-order chi connectivity index (χ1) is 13.5. The van der Waals surface area contributed by atoms with Gasteiger partial charge < -0.3 is 9.47 Å². The molecule has 148 valence electrons. The first kappa shape index (κ1) is 19.5. The van der Waals surface area contributed by atoms with Crippen LogP contribution in [0.15, 0.2) is 45.0 Å². The number of nitrogens with zero attached hydrogens (tertiary/aromatic N) is 1. The van der Waals surface area contributed by atoms with Gasteiger partial charge in [-0.3, -0.25) is 9.79 Å². The van der Waals surface area contributed by atoms with E-state index >= 15 is 0 Å². The third kappa shape index (κ3) is 3.85. The number of ether oxygens (including phenoxy) is 2. The molecule has 0 amide bonds. The fourth-order valence-corrected chi connectivity index (χ4v) is 4.88. The van der Waals surface area contributed by atoms with Crippen molar-refractivity contribution in [2.45, 2.75) is 51.0 Å². The highest BCUT2D eigenvalue weighted by atomic mass is 79.9. The standard InChI is InChI=1S/C22H24BrNO4/c1-13-19(22(26)28-12-16-7-4-10-27-16)20(14-5-2-6-15(23)11-14)21-17(24-13)8-3-9-18(21)25/h2,5-6,11,16,20-21H,3-4,7-10,12H2,1H3/t16-,20-,21-/m1/s1. The number of halogens is 1. The molecule has 2 aliphatic heterocycles. The molecule has 1 aromatic carbocycles. The van der Waals surface area contributed by atoms with E-state index in [0.717, 1.165) is 48.0 Å². The van der Waals surface area contributed by atoms with Crippen LogP contribution in [0.4, 0.5) is 0 Å². The normalized spacial score (nSPS) is 27.4. The first-order valence-corrected chi connectivity index (χ1v) is 10.7. The molecule has 6 heteroatoms. The lowest BCUT2D eigenvalue weighted by molar-refractivity contribution is -0.142. The van der Waals surface area contributed by atoms with Gasteiger partial charge in [-0.05, 0) is 50.3 Å². The first-order valence-electron chi connectivity index (χ1n) is 9.89. The van der Waals surface area contributed by atoms with E-state index in [1.807, 2.05) is 31.2 Å². The van der Waals surface area contributed by atoms with Gasteiger partial charge in [0, 0.05) is 34.8 Å². The van der Waals surface area contributed by atoms with Crippen molar-refractivity contribution in [3.63, 3.8) is 0 Å². The maximum absolute atomic E-state index is 13.1. The van der Waals surface area contributed by atoms with E-state index in [2.05, 4.69) is 20.9 Å². The van der Waals surface area contributed by atoms with Crippen molar-refractivity contribution in [1.82, 2.24) is 0 Å². The lowest BCUT2D eigenvalue weighted by atomic mass is 9.69. The van der Waals surface area contributed by atoms with Crippen LogP contribution in [-0.4, -0.2) is 36.8 Å². The van der Waals surface area contributed by atoms with E-state index in [0.29, 0.717) is 17.7 Å². The molecule has 0 bridgehead atoms. The maximum atomic E-state index is 13.1. The van der Waals surface area contributed by atoms with E-state index in [1.54, 1.807) is 0 Å². The Labute approximate surface area is 173 Å². The molecule has 28 heavy (non-hydrogen) atoms. The number of ketones is 1. The van der Waals surface area contributed by atoms with Crippen molar-refractivity contribution in [3.8, 4) is 0 Å². The van der Waals surface area contributed by atoms with Crippen LogP contribution in [0, 0.1) is 5.92 Å². The lowest BCUT2D eigenvalue weighted by Crippen LogP contribution is -2.39. The monoisotopic (exact) mass is 445 g/mol. The number of benzene rings is 1. The van der Waals surface area contributed by atoms with Crippen LogP contribution >= 0.6 is 15.9 Å². The van der Waals surface area contributed by atoms with E-state index in [9.17, 15) is 9.59 Å². The fraction of sp³-hybridized carbons (Fsp3) is 0.500. The van der Waals surface area contributed by atoms with Gasteiger partial charge in [-0.25, -0.2) is 4.79 Å². The summed E-state index contributed by atoms with van der Waals surface area (Å²) in [6, 6.07) is 7.83. The zero-order chi connectivity index (χ0) is 19.7. The second-order valence-corrected chi connectivity index (χ2v) is 8.58. The number of fused-ring (bicyclic) bond motifs is 1. The second kappa shape index (κ2) is 8.29. The molecule has 3 atom stereocenters. The molecule has 0 radical (unpaired) electrons. The van der Waals surface area contributed by atoms with Crippen molar-refractivity contribution in [2.75, 3.05) is 13.2 Å². The van der Waals surface area contributed by atoms with Gasteiger partial charge in [0.05, 0.1) is 17.6 Å². The van der Waals surface area contributed by atoms with E-state index in [4.69, 9.17) is 9.47 Å². The summed E-state index contributed by atoms with van der Waals surface area (Å²) in [5.41, 5.74) is 2.99. The average molecular weight is 446 g/mol. The smallest absolute Gasteiger partial charge is 0.336 e. The lowest BCUT2D eigenvalue weighted by Gasteiger charge is -2.35. The van der Waals surface area contributed by atoms with E-state index in [1.165, 1.54) is 0 Å². The molecule has 1 saturated heterocycles. The van der Waals surface area contributed by atoms with E-state index < -0.39 is 0 Å². The molecule has 0 unspecified atom stereocenters. The number of hydrogen-bond acceptors (Lipinski definition) is 5. The predicted octanol–water partition coefficient (Wildman–Crippen LogP) is 4.35. The Balaban J connectivity index is 1.70. The van der Waals surface area contributed by atoms with Gasteiger partial charge in [-0.2, -0.15) is 0 Å². The fourth-order valence-electron chi connectivity index (χ4n) is 4.47. The van der Waals surface area contributed by atoms with Gasteiger partial charge in [-0.15, -0.1) is 0 Å². The molecule has 1 saturated carbocycles. The minimum absolute atomic E-state index is 0.0341. The largest absolute Gasteiger partial charge is 0.460 e. The van der Waals surface area contributed by atoms with Crippen LogP contribution in [-0.2, 0) is 19.1 Å². The zero-order valence-corrected chi connectivity index (χ0v) is 17.5. The third-order valence-electron chi connectivity index (χ3n) is 5.76. The number of esters is 1. The summed E-state index contributed by atoms with van der Waals surface area (Å²) < 4.78 is 12.1. The second-order valence-electron chi connectivity index (χ2n) is 7.67.